The lowest BCUT2D eigenvalue weighted by atomic mass is 10.1. The third-order valence-corrected chi connectivity index (χ3v) is 5.84. The van der Waals surface area contributed by atoms with E-state index in [0.717, 1.165) is 0 Å². The maximum atomic E-state index is 14.0. The Labute approximate surface area is 187 Å². The SMILES string of the molecule is COC(=O)c1ccc2c(=O)n(CC(=O)N3CCN(c4ccccc4F)CC3)c(=S)[nH]c2c1. The second kappa shape index (κ2) is 8.91. The summed E-state index contributed by atoms with van der Waals surface area (Å²) in [5.74, 6) is -1.07. The molecular formula is C22H21FN4O4S. The van der Waals surface area contributed by atoms with Crippen molar-refractivity contribution in [3.63, 3.8) is 0 Å². The van der Waals surface area contributed by atoms with E-state index in [2.05, 4.69) is 4.98 Å². The van der Waals surface area contributed by atoms with Crippen LogP contribution in [0.3, 0.4) is 0 Å². The van der Waals surface area contributed by atoms with Crippen LogP contribution in [-0.4, -0.2) is 59.6 Å². The van der Waals surface area contributed by atoms with E-state index < -0.39 is 11.5 Å². The van der Waals surface area contributed by atoms with E-state index >= 15 is 0 Å². The van der Waals surface area contributed by atoms with E-state index in [1.54, 1.807) is 23.1 Å². The van der Waals surface area contributed by atoms with Crippen LogP contribution in [0.4, 0.5) is 10.1 Å². The van der Waals surface area contributed by atoms with Gasteiger partial charge in [0.15, 0.2) is 4.77 Å². The summed E-state index contributed by atoms with van der Waals surface area (Å²) in [5.41, 5.74) is 0.773. The number of nitrogens with one attached hydrogen (secondary N) is 1. The minimum absolute atomic E-state index is 0.0860. The number of fused-ring (bicyclic) bond motifs is 1. The Morgan fingerprint density at radius 3 is 2.53 bits per heavy atom. The molecule has 1 N–H and O–H groups in total. The van der Waals surface area contributed by atoms with Gasteiger partial charge in [0.05, 0.1) is 29.3 Å². The topological polar surface area (TPSA) is 87.6 Å². The number of amides is 1. The zero-order valence-corrected chi connectivity index (χ0v) is 18.2. The number of piperazine rings is 1. The zero-order valence-electron chi connectivity index (χ0n) is 17.3. The quantitative estimate of drug-likeness (QED) is 0.479. The second-order valence-electron chi connectivity index (χ2n) is 7.39. The molecule has 8 nitrogen and oxygen atoms in total. The summed E-state index contributed by atoms with van der Waals surface area (Å²) in [6.07, 6.45) is 0. The maximum Gasteiger partial charge on any atom is 0.337 e. The molecule has 2 aromatic carbocycles. The fourth-order valence-corrected chi connectivity index (χ4v) is 4.04. The lowest BCUT2D eigenvalue weighted by Crippen LogP contribution is -2.50. The molecular weight excluding hydrogens is 435 g/mol. The summed E-state index contributed by atoms with van der Waals surface area (Å²) in [6.45, 7) is 1.59. The molecule has 0 aliphatic carbocycles. The van der Waals surface area contributed by atoms with E-state index in [9.17, 15) is 18.8 Å². The Balaban J connectivity index is 1.50. The van der Waals surface area contributed by atoms with Gasteiger partial charge in [-0.3, -0.25) is 14.2 Å². The fraction of sp³-hybridized carbons (Fsp3) is 0.273. The molecule has 0 atom stereocenters. The molecule has 10 heteroatoms. The number of rotatable bonds is 4. The van der Waals surface area contributed by atoms with Crippen molar-refractivity contribution >= 4 is 40.7 Å². The summed E-state index contributed by atoms with van der Waals surface area (Å²) in [6, 6.07) is 11.0. The predicted octanol–water partition coefficient (Wildman–Crippen LogP) is 2.33. The third kappa shape index (κ3) is 4.13. The number of esters is 1. The molecule has 1 aliphatic rings. The Kier molecular flexibility index (Phi) is 6.04. The molecule has 0 bridgehead atoms. The summed E-state index contributed by atoms with van der Waals surface area (Å²) < 4.78 is 20.0. The number of halogens is 1. The Bertz CT molecular complexity index is 1310. The van der Waals surface area contributed by atoms with Crippen molar-refractivity contribution in [2.45, 2.75) is 6.54 Å². The molecule has 32 heavy (non-hydrogen) atoms. The van der Waals surface area contributed by atoms with Crippen LogP contribution in [0.25, 0.3) is 10.9 Å². The highest BCUT2D eigenvalue weighted by atomic mass is 32.1. The van der Waals surface area contributed by atoms with Gasteiger partial charge in [-0.15, -0.1) is 0 Å². The highest BCUT2D eigenvalue weighted by molar-refractivity contribution is 7.71. The normalized spacial score (nSPS) is 13.9. The van der Waals surface area contributed by atoms with Crippen LogP contribution in [0.5, 0.6) is 0 Å². The van der Waals surface area contributed by atoms with Crippen LogP contribution in [0.1, 0.15) is 10.4 Å². The number of hydrogen-bond acceptors (Lipinski definition) is 6. The summed E-state index contributed by atoms with van der Waals surface area (Å²) in [4.78, 5) is 44.0. The van der Waals surface area contributed by atoms with Crippen molar-refractivity contribution in [1.82, 2.24) is 14.5 Å². The van der Waals surface area contributed by atoms with Crippen LogP contribution >= 0.6 is 12.2 Å². The number of methoxy groups -OCH3 is 1. The highest BCUT2D eigenvalue weighted by Gasteiger charge is 2.23. The van der Waals surface area contributed by atoms with Crippen molar-refractivity contribution in [3.8, 4) is 0 Å². The minimum Gasteiger partial charge on any atom is -0.465 e. The van der Waals surface area contributed by atoms with Crippen LogP contribution < -0.4 is 10.5 Å². The largest absolute Gasteiger partial charge is 0.465 e. The van der Waals surface area contributed by atoms with E-state index in [0.29, 0.717) is 42.8 Å². The average Bonchev–Trinajstić information content (AvgIpc) is 2.81. The molecule has 1 aromatic heterocycles. The third-order valence-electron chi connectivity index (χ3n) is 5.52. The van der Waals surface area contributed by atoms with Gasteiger partial charge in [-0.1, -0.05) is 12.1 Å². The van der Waals surface area contributed by atoms with Gasteiger partial charge in [-0.25, -0.2) is 9.18 Å². The van der Waals surface area contributed by atoms with Crippen molar-refractivity contribution < 1.29 is 18.7 Å². The Hall–Kier alpha value is -3.53. The molecule has 0 unspecified atom stereocenters. The molecule has 0 spiro atoms. The summed E-state index contributed by atoms with van der Waals surface area (Å²) in [7, 11) is 1.27. The molecule has 166 valence electrons. The number of H-pyrrole nitrogens is 1. The standard InChI is InChI=1S/C22H21FN4O4S/c1-31-21(30)14-6-7-15-17(12-14)24-22(32)27(20(15)29)13-19(28)26-10-8-25(9-11-26)18-5-3-2-4-16(18)23/h2-7,12H,8-11,13H2,1H3,(H,24,32). The van der Waals surface area contributed by atoms with Gasteiger partial charge in [0.25, 0.3) is 5.56 Å². The number of hydrogen-bond donors (Lipinski definition) is 1. The van der Waals surface area contributed by atoms with Gasteiger partial charge >= 0.3 is 5.97 Å². The summed E-state index contributed by atoms with van der Waals surface area (Å²) in [5, 5.41) is 0.309. The number of para-hydroxylation sites is 1. The molecule has 4 rings (SSSR count). The van der Waals surface area contributed by atoms with Gasteiger partial charge in [0.2, 0.25) is 5.91 Å². The van der Waals surface area contributed by atoms with Crippen LogP contribution in [0.15, 0.2) is 47.3 Å². The van der Waals surface area contributed by atoms with Crippen LogP contribution in [0.2, 0.25) is 0 Å². The average molecular weight is 456 g/mol. The first-order chi connectivity index (χ1) is 15.4. The molecule has 1 saturated heterocycles. The smallest absolute Gasteiger partial charge is 0.337 e. The van der Waals surface area contributed by atoms with Crippen molar-refractivity contribution in [2.75, 3.05) is 38.2 Å². The molecule has 1 amide bonds. The van der Waals surface area contributed by atoms with Crippen molar-refractivity contribution in [1.29, 1.82) is 0 Å². The van der Waals surface area contributed by atoms with E-state index in [-0.39, 0.29) is 28.6 Å². The predicted molar refractivity (Wildman–Crippen MR) is 120 cm³/mol. The maximum absolute atomic E-state index is 14.0. The number of aromatic nitrogens is 2. The minimum atomic E-state index is -0.528. The van der Waals surface area contributed by atoms with Crippen molar-refractivity contribution in [3.05, 3.63) is 69.0 Å². The number of aromatic amines is 1. The van der Waals surface area contributed by atoms with Gasteiger partial charge in [0, 0.05) is 26.2 Å². The number of ether oxygens (including phenoxy) is 1. The zero-order chi connectivity index (χ0) is 22.8. The molecule has 0 radical (unpaired) electrons. The molecule has 3 aromatic rings. The number of carbonyl (C=O) groups is 2. The highest BCUT2D eigenvalue weighted by Crippen LogP contribution is 2.20. The lowest BCUT2D eigenvalue weighted by Gasteiger charge is -2.36. The molecule has 1 aliphatic heterocycles. The van der Waals surface area contributed by atoms with E-state index in [1.165, 1.54) is 35.9 Å². The number of anilines is 1. The summed E-state index contributed by atoms with van der Waals surface area (Å²) >= 11 is 5.29. The monoisotopic (exact) mass is 456 g/mol. The Morgan fingerprint density at radius 1 is 1.12 bits per heavy atom. The van der Waals surface area contributed by atoms with Crippen molar-refractivity contribution in [2.24, 2.45) is 0 Å². The second-order valence-corrected chi connectivity index (χ2v) is 7.78. The van der Waals surface area contributed by atoms with E-state index in [4.69, 9.17) is 17.0 Å². The van der Waals surface area contributed by atoms with Crippen LogP contribution in [0, 0.1) is 10.6 Å². The first-order valence-corrected chi connectivity index (χ1v) is 10.4. The van der Waals surface area contributed by atoms with Crippen LogP contribution in [-0.2, 0) is 16.1 Å². The number of benzene rings is 2. The lowest BCUT2D eigenvalue weighted by molar-refractivity contribution is -0.132. The fourth-order valence-electron chi connectivity index (χ4n) is 3.78. The van der Waals surface area contributed by atoms with Gasteiger partial charge in [0.1, 0.15) is 12.4 Å². The van der Waals surface area contributed by atoms with E-state index in [1.807, 2.05) is 4.90 Å². The first-order valence-electron chi connectivity index (χ1n) is 10.0. The molecule has 2 heterocycles. The first kappa shape index (κ1) is 21.7. The Morgan fingerprint density at radius 2 is 1.84 bits per heavy atom. The number of carbonyl (C=O) groups excluding carboxylic acids is 2. The number of nitrogens with zero attached hydrogens (tertiary/aromatic N) is 3. The molecule has 0 saturated carbocycles. The molecule has 1 fully saturated rings. The van der Waals surface area contributed by atoms with Gasteiger partial charge < -0.3 is 19.5 Å². The van der Waals surface area contributed by atoms with Gasteiger partial charge in [-0.2, -0.15) is 0 Å². The van der Waals surface area contributed by atoms with Gasteiger partial charge in [-0.05, 0) is 42.5 Å².